The first kappa shape index (κ1) is 20.6. The lowest BCUT2D eigenvalue weighted by atomic mass is 9.99. The number of amides is 1. The number of aliphatic hydroxyl groups excluding tert-OH is 1. The molecule has 1 N–H and O–H groups in total. The molecule has 7 nitrogen and oxygen atoms in total. The van der Waals surface area contributed by atoms with Gasteiger partial charge in [0.25, 0.3) is 11.7 Å². The van der Waals surface area contributed by atoms with Crippen LogP contribution in [0.25, 0.3) is 5.76 Å². The number of thiophene rings is 1. The van der Waals surface area contributed by atoms with E-state index < -0.39 is 17.7 Å². The quantitative estimate of drug-likeness (QED) is 0.359. The van der Waals surface area contributed by atoms with E-state index in [1.807, 2.05) is 23.6 Å². The average Bonchev–Trinajstić information content (AvgIpc) is 3.41. The normalized spacial score (nSPS) is 17.7. The standard InChI is InChI=1S/C23H20N2O5S/c1-29-15-7-8-17(30-2)16(11-15)21(26)19-20(18-6-4-10-31-18)25(23(28)22(19)27)13-14-5-3-9-24-12-14/h3-12,20,26H,13H2,1-2H3/b21-19-. The summed E-state index contributed by atoms with van der Waals surface area (Å²) in [5, 5.41) is 13.1. The number of Topliss-reactive ketones (excluding diaryl/α,β-unsaturated/α-hetero) is 1. The molecule has 8 heteroatoms. The molecule has 3 aromatic rings. The molecule has 1 atom stereocenters. The van der Waals surface area contributed by atoms with Crippen molar-refractivity contribution in [3.63, 3.8) is 0 Å². The van der Waals surface area contributed by atoms with E-state index in [0.29, 0.717) is 11.5 Å². The minimum atomic E-state index is -0.746. The van der Waals surface area contributed by atoms with Crippen LogP contribution < -0.4 is 9.47 Å². The SMILES string of the molecule is COc1ccc(OC)c(/C(O)=C2/C(=O)C(=O)N(Cc3cccnc3)C2c2cccs2)c1. The number of rotatable bonds is 6. The van der Waals surface area contributed by atoms with Crippen molar-refractivity contribution in [3.8, 4) is 11.5 Å². The minimum absolute atomic E-state index is 0.0166. The van der Waals surface area contributed by atoms with Gasteiger partial charge in [-0.3, -0.25) is 14.6 Å². The second kappa shape index (κ2) is 8.61. The van der Waals surface area contributed by atoms with Crippen LogP contribution in [0.1, 0.15) is 22.0 Å². The Morgan fingerprint density at radius 1 is 1.16 bits per heavy atom. The van der Waals surface area contributed by atoms with Gasteiger partial charge >= 0.3 is 0 Å². The topological polar surface area (TPSA) is 89.0 Å². The van der Waals surface area contributed by atoms with Gasteiger partial charge in [0.05, 0.1) is 31.4 Å². The Morgan fingerprint density at radius 3 is 2.65 bits per heavy atom. The number of pyridine rings is 1. The van der Waals surface area contributed by atoms with Crippen LogP contribution in [-0.4, -0.2) is 40.9 Å². The van der Waals surface area contributed by atoms with E-state index in [2.05, 4.69) is 4.98 Å². The van der Waals surface area contributed by atoms with Gasteiger partial charge in [0.15, 0.2) is 0 Å². The highest BCUT2D eigenvalue weighted by Gasteiger charge is 2.46. The third kappa shape index (κ3) is 3.77. The molecule has 0 bridgehead atoms. The van der Waals surface area contributed by atoms with Gasteiger partial charge in [-0.15, -0.1) is 11.3 Å². The predicted octanol–water partition coefficient (Wildman–Crippen LogP) is 3.78. The summed E-state index contributed by atoms with van der Waals surface area (Å²) in [4.78, 5) is 32.4. The molecule has 1 fully saturated rings. The molecule has 1 amide bonds. The van der Waals surface area contributed by atoms with Gasteiger partial charge in [-0.25, -0.2) is 0 Å². The fourth-order valence-electron chi connectivity index (χ4n) is 3.62. The summed E-state index contributed by atoms with van der Waals surface area (Å²) in [7, 11) is 2.97. The predicted molar refractivity (Wildman–Crippen MR) is 116 cm³/mol. The molecule has 4 rings (SSSR count). The fraction of sp³-hybridized carbons (Fsp3) is 0.174. The molecule has 3 heterocycles. The number of aliphatic hydroxyl groups is 1. The number of methoxy groups -OCH3 is 2. The van der Waals surface area contributed by atoms with Gasteiger partial charge in [-0.05, 0) is 41.3 Å². The van der Waals surface area contributed by atoms with Gasteiger partial charge in [0.2, 0.25) is 0 Å². The average molecular weight is 436 g/mol. The van der Waals surface area contributed by atoms with Crippen LogP contribution in [0.15, 0.2) is 65.8 Å². The van der Waals surface area contributed by atoms with Gasteiger partial charge in [-0.1, -0.05) is 12.1 Å². The van der Waals surface area contributed by atoms with Gasteiger partial charge in [-0.2, -0.15) is 0 Å². The van der Waals surface area contributed by atoms with E-state index in [9.17, 15) is 14.7 Å². The van der Waals surface area contributed by atoms with Crippen LogP contribution in [0.4, 0.5) is 0 Å². The molecule has 1 saturated heterocycles. The highest BCUT2D eigenvalue weighted by molar-refractivity contribution is 7.10. The highest BCUT2D eigenvalue weighted by atomic mass is 32.1. The molecule has 1 aliphatic heterocycles. The van der Waals surface area contributed by atoms with Crippen LogP contribution in [-0.2, 0) is 16.1 Å². The number of hydrogen-bond acceptors (Lipinski definition) is 7. The minimum Gasteiger partial charge on any atom is -0.507 e. The Balaban J connectivity index is 1.88. The lowest BCUT2D eigenvalue weighted by Crippen LogP contribution is -2.28. The number of likely N-dealkylation sites (tertiary alicyclic amines) is 1. The van der Waals surface area contributed by atoms with Gasteiger partial charge in [0, 0.05) is 23.8 Å². The van der Waals surface area contributed by atoms with Crippen LogP contribution in [0.2, 0.25) is 0 Å². The Morgan fingerprint density at radius 2 is 2.00 bits per heavy atom. The van der Waals surface area contributed by atoms with E-state index in [0.717, 1.165) is 10.4 Å². The van der Waals surface area contributed by atoms with E-state index in [4.69, 9.17) is 9.47 Å². The molecule has 0 saturated carbocycles. The van der Waals surface area contributed by atoms with Crippen LogP contribution in [0.3, 0.4) is 0 Å². The fourth-order valence-corrected chi connectivity index (χ4v) is 4.46. The van der Waals surface area contributed by atoms with Crippen molar-refractivity contribution in [2.45, 2.75) is 12.6 Å². The first-order valence-electron chi connectivity index (χ1n) is 9.48. The van der Waals surface area contributed by atoms with Crippen molar-refractivity contribution in [2.24, 2.45) is 0 Å². The summed E-state index contributed by atoms with van der Waals surface area (Å²) in [6, 6.07) is 11.5. The van der Waals surface area contributed by atoms with Gasteiger partial charge < -0.3 is 19.5 Å². The number of aromatic nitrogens is 1. The molecule has 0 radical (unpaired) electrons. The molecule has 158 valence electrons. The van der Waals surface area contributed by atoms with Gasteiger partial charge in [0.1, 0.15) is 17.3 Å². The van der Waals surface area contributed by atoms with E-state index >= 15 is 0 Å². The Labute approximate surface area is 183 Å². The molecule has 1 aromatic carbocycles. The second-order valence-electron chi connectivity index (χ2n) is 6.87. The highest BCUT2D eigenvalue weighted by Crippen LogP contribution is 2.43. The first-order chi connectivity index (χ1) is 15.0. The number of carbonyl (C=O) groups is 2. The number of hydrogen-bond donors (Lipinski definition) is 1. The number of ether oxygens (including phenoxy) is 2. The van der Waals surface area contributed by atoms with Crippen molar-refractivity contribution in [2.75, 3.05) is 14.2 Å². The molecule has 31 heavy (non-hydrogen) atoms. The number of benzene rings is 1. The van der Waals surface area contributed by atoms with Crippen molar-refractivity contribution in [3.05, 3.63) is 81.8 Å². The lowest BCUT2D eigenvalue weighted by molar-refractivity contribution is -0.140. The third-order valence-electron chi connectivity index (χ3n) is 5.09. The van der Waals surface area contributed by atoms with Crippen molar-refractivity contribution in [1.82, 2.24) is 9.88 Å². The number of ketones is 1. The summed E-state index contributed by atoms with van der Waals surface area (Å²) in [6.07, 6.45) is 3.29. The summed E-state index contributed by atoms with van der Waals surface area (Å²) in [6.45, 7) is 0.188. The van der Waals surface area contributed by atoms with E-state index in [1.54, 1.807) is 36.7 Å². The zero-order valence-corrected chi connectivity index (χ0v) is 17.8. The Hall–Kier alpha value is -3.65. The number of carbonyl (C=O) groups excluding carboxylic acids is 2. The largest absolute Gasteiger partial charge is 0.507 e. The maximum Gasteiger partial charge on any atom is 0.295 e. The maximum atomic E-state index is 13.1. The molecular weight excluding hydrogens is 416 g/mol. The Bertz CT molecular complexity index is 1140. The van der Waals surface area contributed by atoms with Crippen molar-refractivity contribution in [1.29, 1.82) is 0 Å². The molecule has 0 aliphatic carbocycles. The monoisotopic (exact) mass is 436 g/mol. The molecule has 1 aliphatic rings. The molecule has 2 aromatic heterocycles. The third-order valence-corrected chi connectivity index (χ3v) is 6.01. The molecular formula is C23H20N2O5S. The molecule has 0 spiro atoms. The summed E-state index contributed by atoms with van der Waals surface area (Å²) in [5.41, 5.74) is 1.08. The first-order valence-corrected chi connectivity index (χ1v) is 10.4. The lowest BCUT2D eigenvalue weighted by Gasteiger charge is -2.24. The van der Waals surface area contributed by atoms with Crippen LogP contribution in [0.5, 0.6) is 11.5 Å². The van der Waals surface area contributed by atoms with E-state index in [-0.39, 0.29) is 23.4 Å². The zero-order valence-electron chi connectivity index (χ0n) is 16.9. The van der Waals surface area contributed by atoms with Crippen LogP contribution >= 0.6 is 11.3 Å². The smallest absolute Gasteiger partial charge is 0.295 e. The number of nitrogens with zero attached hydrogens (tertiary/aromatic N) is 2. The van der Waals surface area contributed by atoms with Crippen molar-refractivity contribution < 1.29 is 24.2 Å². The Kier molecular flexibility index (Phi) is 5.73. The van der Waals surface area contributed by atoms with Crippen molar-refractivity contribution >= 4 is 28.8 Å². The maximum absolute atomic E-state index is 13.1. The zero-order chi connectivity index (χ0) is 22.0. The summed E-state index contributed by atoms with van der Waals surface area (Å²) < 4.78 is 10.6. The van der Waals surface area contributed by atoms with E-state index in [1.165, 1.54) is 30.5 Å². The second-order valence-corrected chi connectivity index (χ2v) is 7.85. The van der Waals surface area contributed by atoms with Crippen LogP contribution in [0, 0.1) is 0 Å². The summed E-state index contributed by atoms with van der Waals surface area (Å²) in [5.74, 6) is -0.877. The summed E-state index contributed by atoms with van der Waals surface area (Å²) >= 11 is 1.41. The molecule has 1 unspecified atom stereocenters.